The molecule has 110 valence electrons. The van der Waals surface area contributed by atoms with Gasteiger partial charge in [-0.15, -0.1) is 0 Å². The Hall–Kier alpha value is -2.50. The molecule has 6 nitrogen and oxygen atoms in total. The van der Waals surface area contributed by atoms with E-state index in [0.717, 1.165) is 5.69 Å². The van der Waals surface area contributed by atoms with E-state index in [1.165, 1.54) is 12.4 Å². The molecule has 2 aromatic heterocycles. The van der Waals surface area contributed by atoms with Crippen LogP contribution in [0.3, 0.4) is 0 Å². The minimum atomic E-state index is -0.236. The maximum absolute atomic E-state index is 12.3. The van der Waals surface area contributed by atoms with Gasteiger partial charge in [-0.25, -0.2) is 9.97 Å². The van der Waals surface area contributed by atoms with Crippen LogP contribution in [0.15, 0.2) is 30.7 Å². The Morgan fingerprint density at radius 2 is 1.90 bits per heavy atom. The van der Waals surface area contributed by atoms with Gasteiger partial charge in [-0.3, -0.25) is 9.78 Å². The SMILES string of the molecule is CNc1cc(C(=O)Nc2cnccn2)cc(C(C)(C)C)n1. The van der Waals surface area contributed by atoms with Gasteiger partial charge in [-0.2, -0.15) is 0 Å². The highest BCUT2D eigenvalue weighted by Gasteiger charge is 2.19. The van der Waals surface area contributed by atoms with Crippen molar-refractivity contribution in [3.8, 4) is 0 Å². The van der Waals surface area contributed by atoms with Gasteiger partial charge in [0, 0.05) is 36.1 Å². The average Bonchev–Trinajstić information content (AvgIpc) is 2.46. The quantitative estimate of drug-likeness (QED) is 0.905. The monoisotopic (exact) mass is 285 g/mol. The summed E-state index contributed by atoms with van der Waals surface area (Å²) in [7, 11) is 1.78. The normalized spacial score (nSPS) is 11.0. The second-order valence-corrected chi connectivity index (χ2v) is 5.67. The third-order valence-electron chi connectivity index (χ3n) is 2.92. The van der Waals surface area contributed by atoms with E-state index in [4.69, 9.17) is 0 Å². The number of nitrogens with zero attached hydrogens (tertiary/aromatic N) is 3. The van der Waals surface area contributed by atoms with E-state index in [1.54, 1.807) is 25.4 Å². The number of pyridine rings is 1. The number of rotatable bonds is 3. The number of hydrogen-bond acceptors (Lipinski definition) is 5. The van der Waals surface area contributed by atoms with Crippen LogP contribution in [0.1, 0.15) is 36.8 Å². The third kappa shape index (κ3) is 3.75. The average molecular weight is 285 g/mol. The van der Waals surface area contributed by atoms with Crippen molar-refractivity contribution in [2.24, 2.45) is 0 Å². The zero-order valence-electron chi connectivity index (χ0n) is 12.6. The summed E-state index contributed by atoms with van der Waals surface area (Å²) < 4.78 is 0. The molecule has 0 aliphatic heterocycles. The lowest BCUT2D eigenvalue weighted by Crippen LogP contribution is -2.18. The first-order valence-electron chi connectivity index (χ1n) is 6.68. The molecular formula is C15H19N5O. The van der Waals surface area contributed by atoms with Gasteiger partial charge in [0.05, 0.1) is 6.20 Å². The van der Waals surface area contributed by atoms with Gasteiger partial charge in [-0.1, -0.05) is 20.8 Å². The highest BCUT2D eigenvalue weighted by molar-refractivity contribution is 6.04. The van der Waals surface area contributed by atoms with Crippen molar-refractivity contribution in [2.45, 2.75) is 26.2 Å². The molecule has 0 bridgehead atoms. The molecule has 2 N–H and O–H groups in total. The first-order chi connectivity index (χ1) is 9.90. The molecule has 0 saturated heterocycles. The summed E-state index contributed by atoms with van der Waals surface area (Å²) in [5.41, 5.74) is 1.23. The number of hydrogen-bond donors (Lipinski definition) is 2. The Bertz CT molecular complexity index is 634. The van der Waals surface area contributed by atoms with Crippen LogP contribution in [0.2, 0.25) is 0 Å². The van der Waals surface area contributed by atoms with Crippen LogP contribution in [-0.4, -0.2) is 27.9 Å². The van der Waals surface area contributed by atoms with Crippen molar-refractivity contribution in [1.82, 2.24) is 15.0 Å². The minimum absolute atomic E-state index is 0.144. The van der Waals surface area contributed by atoms with Crippen molar-refractivity contribution < 1.29 is 4.79 Å². The Kier molecular flexibility index (Phi) is 4.16. The lowest BCUT2D eigenvalue weighted by molar-refractivity contribution is 0.102. The Balaban J connectivity index is 2.32. The highest BCUT2D eigenvalue weighted by Crippen LogP contribution is 2.23. The molecule has 0 aromatic carbocycles. The number of carbonyl (C=O) groups is 1. The van der Waals surface area contributed by atoms with Crippen LogP contribution in [-0.2, 0) is 5.41 Å². The number of aromatic nitrogens is 3. The first-order valence-corrected chi connectivity index (χ1v) is 6.68. The van der Waals surface area contributed by atoms with Gasteiger partial charge < -0.3 is 10.6 Å². The molecule has 21 heavy (non-hydrogen) atoms. The van der Waals surface area contributed by atoms with Crippen LogP contribution in [0.4, 0.5) is 11.6 Å². The van der Waals surface area contributed by atoms with Crippen LogP contribution in [0, 0.1) is 0 Å². The smallest absolute Gasteiger partial charge is 0.257 e. The van der Waals surface area contributed by atoms with Gasteiger partial charge in [0.15, 0.2) is 5.82 Å². The second kappa shape index (κ2) is 5.87. The maximum atomic E-state index is 12.3. The largest absolute Gasteiger partial charge is 0.373 e. The number of nitrogens with one attached hydrogen (secondary N) is 2. The van der Waals surface area contributed by atoms with Crippen molar-refractivity contribution in [1.29, 1.82) is 0 Å². The fraction of sp³-hybridized carbons (Fsp3) is 0.333. The molecule has 0 unspecified atom stereocenters. The van der Waals surface area contributed by atoms with E-state index in [-0.39, 0.29) is 11.3 Å². The summed E-state index contributed by atoms with van der Waals surface area (Å²) >= 11 is 0. The Labute approximate surface area is 124 Å². The van der Waals surface area contributed by atoms with E-state index in [2.05, 4.69) is 46.4 Å². The molecule has 2 aromatic rings. The van der Waals surface area contributed by atoms with E-state index in [9.17, 15) is 4.79 Å². The molecule has 0 saturated carbocycles. The third-order valence-corrected chi connectivity index (χ3v) is 2.92. The summed E-state index contributed by atoms with van der Waals surface area (Å²) in [5, 5.41) is 5.70. The number of carbonyl (C=O) groups excluding carboxylic acids is 1. The topological polar surface area (TPSA) is 79.8 Å². The predicted octanol–water partition coefficient (Wildman–Crippen LogP) is 2.46. The summed E-state index contributed by atoms with van der Waals surface area (Å²) in [6.07, 6.45) is 4.59. The second-order valence-electron chi connectivity index (χ2n) is 5.67. The van der Waals surface area contributed by atoms with Crippen molar-refractivity contribution in [2.75, 3.05) is 17.7 Å². The van der Waals surface area contributed by atoms with E-state index in [0.29, 0.717) is 17.2 Å². The molecule has 6 heteroatoms. The minimum Gasteiger partial charge on any atom is -0.373 e. The van der Waals surface area contributed by atoms with Gasteiger partial charge in [0.1, 0.15) is 5.82 Å². The standard InChI is InChI=1S/C15H19N5O/c1-15(2,3)11-7-10(8-12(16-4)19-11)14(21)20-13-9-17-5-6-18-13/h5-9H,1-4H3,(H,16,19)(H,18,20,21). The summed E-state index contributed by atoms with van der Waals surface area (Å²) in [5.74, 6) is 0.842. The molecule has 0 aliphatic carbocycles. The lowest BCUT2D eigenvalue weighted by Gasteiger charge is -2.19. The predicted molar refractivity (Wildman–Crippen MR) is 82.5 cm³/mol. The van der Waals surface area contributed by atoms with Gasteiger partial charge in [0.25, 0.3) is 5.91 Å². The van der Waals surface area contributed by atoms with Crippen molar-refractivity contribution in [3.63, 3.8) is 0 Å². The highest BCUT2D eigenvalue weighted by atomic mass is 16.1. The maximum Gasteiger partial charge on any atom is 0.257 e. The van der Waals surface area contributed by atoms with E-state index < -0.39 is 0 Å². The Morgan fingerprint density at radius 1 is 1.14 bits per heavy atom. The zero-order chi connectivity index (χ0) is 15.5. The van der Waals surface area contributed by atoms with Crippen LogP contribution >= 0.6 is 0 Å². The zero-order valence-corrected chi connectivity index (χ0v) is 12.6. The van der Waals surface area contributed by atoms with Crippen LogP contribution < -0.4 is 10.6 Å². The van der Waals surface area contributed by atoms with Crippen molar-refractivity contribution in [3.05, 3.63) is 42.0 Å². The molecule has 0 spiro atoms. The fourth-order valence-corrected chi connectivity index (χ4v) is 1.73. The van der Waals surface area contributed by atoms with Gasteiger partial charge in [-0.05, 0) is 12.1 Å². The molecule has 2 heterocycles. The van der Waals surface area contributed by atoms with Gasteiger partial charge in [0.2, 0.25) is 0 Å². The number of anilines is 2. The molecule has 0 fully saturated rings. The van der Waals surface area contributed by atoms with Crippen LogP contribution in [0.25, 0.3) is 0 Å². The fourth-order valence-electron chi connectivity index (χ4n) is 1.73. The molecule has 0 aliphatic rings. The molecule has 0 atom stereocenters. The number of amides is 1. The van der Waals surface area contributed by atoms with Gasteiger partial charge >= 0.3 is 0 Å². The molecule has 2 rings (SSSR count). The first kappa shape index (κ1) is 14.9. The molecule has 1 amide bonds. The summed E-state index contributed by atoms with van der Waals surface area (Å²) in [6.45, 7) is 6.16. The van der Waals surface area contributed by atoms with E-state index in [1.807, 2.05) is 0 Å². The van der Waals surface area contributed by atoms with E-state index >= 15 is 0 Å². The Morgan fingerprint density at radius 3 is 2.48 bits per heavy atom. The van der Waals surface area contributed by atoms with Crippen LogP contribution in [0.5, 0.6) is 0 Å². The molecule has 0 radical (unpaired) electrons. The summed E-state index contributed by atoms with van der Waals surface area (Å²) in [6, 6.07) is 3.51. The van der Waals surface area contributed by atoms with Crippen molar-refractivity contribution >= 4 is 17.5 Å². The molecular weight excluding hydrogens is 266 g/mol. The lowest BCUT2D eigenvalue weighted by atomic mass is 9.90. The summed E-state index contributed by atoms with van der Waals surface area (Å²) in [4.78, 5) is 24.8.